The van der Waals surface area contributed by atoms with E-state index in [1.54, 1.807) is 0 Å². The fraction of sp³-hybridized carbons (Fsp3) is 0.0556. The lowest BCUT2D eigenvalue weighted by atomic mass is 10.2. The highest BCUT2D eigenvalue weighted by Gasteiger charge is 2.11. The molecule has 5 nitrogen and oxygen atoms in total. The predicted octanol–water partition coefficient (Wildman–Crippen LogP) is 3.43. The highest BCUT2D eigenvalue weighted by atomic mass is 19.1. The standard InChI is InChI=1S/C18H14F2N4O/c19-14-7-4-8-15(20)16(14)24-18-22-10-13(11-23-18)17(25)21-9-12-5-2-1-3-6-12/h1-8,10-11H,9H2,(H,21,25)(H,22,23,24). The Bertz CT molecular complexity index is 850. The summed E-state index contributed by atoms with van der Waals surface area (Å²) in [5.41, 5.74) is 0.865. The second-order valence-corrected chi connectivity index (χ2v) is 5.19. The van der Waals surface area contributed by atoms with Gasteiger partial charge in [0.2, 0.25) is 5.95 Å². The molecule has 3 aromatic rings. The molecule has 0 spiro atoms. The molecule has 0 aliphatic heterocycles. The Labute approximate surface area is 142 Å². The Morgan fingerprint density at radius 3 is 2.20 bits per heavy atom. The normalized spacial score (nSPS) is 10.3. The molecule has 1 heterocycles. The van der Waals surface area contributed by atoms with E-state index < -0.39 is 11.6 Å². The van der Waals surface area contributed by atoms with E-state index in [0.29, 0.717) is 6.54 Å². The third-order valence-electron chi connectivity index (χ3n) is 3.41. The lowest BCUT2D eigenvalue weighted by Crippen LogP contribution is -2.23. The van der Waals surface area contributed by atoms with Crippen molar-refractivity contribution in [1.29, 1.82) is 0 Å². The van der Waals surface area contributed by atoms with Gasteiger partial charge in [-0.2, -0.15) is 0 Å². The highest BCUT2D eigenvalue weighted by Crippen LogP contribution is 2.20. The van der Waals surface area contributed by atoms with Gasteiger partial charge in [-0.3, -0.25) is 4.79 Å². The summed E-state index contributed by atoms with van der Waals surface area (Å²) in [5, 5.41) is 5.20. The van der Waals surface area contributed by atoms with Gasteiger partial charge in [0, 0.05) is 18.9 Å². The van der Waals surface area contributed by atoms with Crippen LogP contribution < -0.4 is 10.6 Å². The van der Waals surface area contributed by atoms with Gasteiger partial charge in [0.15, 0.2) is 0 Å². The van der Waals surface area contributed by atoms with Crippen molar-refractivity contribution in [2.45, 2.75) is 6.54 Å². The summed E-state index contributed by atoms with van der Waals surface area (Å²) < 4.78 is 27.2. The Morgan fingerprint density at radius 1 is 0.920 bits per heavy atom. The molecule has 2 N–H and O–H groups in total. The summed E-state index contributed by atoms with van der Waals surface area (Å²) in [6.07, 6.45) is 2.57. The van der Waals surface area contributed by atoms with Gasteiger partial charge in [-0.1, -0.05) is 36.4 Å². The van der Waals surface area contributed by atoms with Gasteiger partial charge in [0.1, 0.15) is 17.3 Å². The molecule has 1 amide bonds. The minimum absolute atomic E-state index is 0.0105. The molecule has 0 bridgehead atoms. The van der Waals surface area contributed by atoms with Crippen LogP contribution in [0.5, 0.6) is 0 Å². The quantitative estimate of drug-likeness (QED) is 0.747. The summed E-state index contributed by atoms with van der Waals surface area (Å²) in [6.45, 7) is 0.375. The van der Waals surface area contributed by atoms with Gasteiger partial charge < -0.3 is 10.6 Å². The molecular formula is C18H14F2N4O. The second kappa shape index (κ2) is 7.48. The number of amides is 1. The molecule has 0 radical (unpaired) electrons. The summed E-state index contributed by atoms with van der Waals surface area (Å²) >= 11 is 0. The van der Waals surface area contributed by atoms with Crippen molar-refractivity contribution in [2.24, 2.45) is 0 Å². The first-order valence-corrected chi connectivity index (χ1v) is 7.48. The van der Waals surface area contributed by atoms with Crippen molar-refractivity contribution in [2.75, 3.05) is 5.32 Å². The molecule has 126 valence electrons. The van der Waals surface area contributed by atoms with Crippen LogP contribution in [0.2, 0.25) is 0 Å². The van der Waals surface area contributed by atoms with Gasteiger partial charge in [0.05, 0.1) is 5.56 Å². The van der Waals surface area contributed by atoms with Crippen LogP contribution in [-0.4, -0.2) is 15.9 Å². The monoisotopic (exact) mass is 340 g/mol. The third-order valence-corrected chi connectivity index (χ3v) is 3.41. The highest BCUT2D eigenvalue weighted by molar-refractivity contribution is 5.93. The zero-order valence-electron chi connectivity index (χ0n) is 13.0. The zero-order chi connectivity index (χ0) is 17.6. The van der Waals surface area contributed by atoms with Crippen molar-refractivity contribution in [3.05, 3.63) is 83.7 Å². The van der Waals surface area contributed by atoms with E-state index in [-0.39, 0.29) is 23.1 Å². The van der Waals surface area contributed by atoms with Gasteiger partial charge in [0.25, 0.3) is 5.91 Å². The number of carbonyl (C=O) groups is 1. The number of hydrogen-bond acceptors (Lipinski definition) is 4. The average Bonchev–Trinajstić information content (AvgIpc) is 2.64. The maximum absolute atomic E-state index is 13.6. The van der Waals surface area contributed by atoms with Crippen LogP contribution in [0.1, 0.15) is 15.9 Å². The molecule has 7 heteroatoms. The Morgan fingerprint density at radius 2 is 1.56 bits per heavy atom. The van der Waals surface area contributed by atoms with Gasteiger partial charge in [-0.15, -0.1) is 0 Å². The number of nitrogens with one attached hydrogen (secondary N) is 2. The van der Waals surface area contributed by atoms with E-state index in [2.05, 4.69) is 20.6 Å². The van der Waals surface area contributed by atoms with E-state index in [1.807, 2.05) is 30.3 Å². The number of para-hydroxylation sites is 1. The number of aromatic nitrogens is 2. The summed E-state index contributed by atoms with van der Waals surface area (Å²) in [4.78, 5) is 19.9. The topological polar surface area (TPSA) is 66.9 Å². The number of benzene rings is 2. The Balaban J connectivity index is 1.64. The Hall–Kier alpha value is -3.35. The number of anilines is 2. The third kappa shape index (κ3) is 4.14. The van der Waals surface area contributed by atoms with Crippen molar-refractivity contribution in [1.82, 2.24) is 15.3 Å². The molecular weight excluding hydrogens is 326 g/mol. The zero-order valence-corrected chi connectivity index (χ0v) is 13.0. The first-order chi connectivity index (χ1) is 12.1. The van der Waals surface area contributed by atoms with Crippen molar-refractivity contribution < 1.29 is 13.6 Å². The van der Waals surface area contributed by atoms with E-state index in [9.17, 15) is 13.6 Å². The fourth-order valence-electron chi connectivity index (χ4n) is 2.12. The molecule has 2 aromatic carbocycles. The average molecular weight is 340 g/mol. The fourth-order valence-corrected chi connectivity index (χ4v) is 2.12. The molecule has 0 atom stereocenters. The summed E-state index contributed by atoms with van der Waals surface area (Å²) in [7, 11) is 0. The molecule has 0 saturated heterocycles. The van der Waals surface area contributed by atoms with E-state index in [4.69, 9.17) is 0 Å². The number of rotatable bonds is 5. The SMILES string of the molecule is O=C(NCc1ccccc1)c1cnc(Nc2c(F)cccc2F)nc1. The first-order valence-electron chi connectivity index (χ1n) is 7.48. The van der Waals surface area contributed by atoms with Crippen LogP contribution in [0.4, 0.5) is 20.4 Å². The molecule has 0 unspecified atom stereocenters. The number of carbonyl (C=O) groups excluding carboxylic acids is 1. The smallest absolute Gasteiger partial charge is 0.254 e. The summed E-state index contributed by atoms with van der Waals surface area (Å²) in [6, 6.07) is 13.0. The van der Waals surface area contributed by atoms with Crippen LogP contribution in [0.3, 0.4) is 0 Å². The number of nitrogens with zero attached hydrogens (tertiary/aromatic N) is 2. The van der Waals surface area contributed by atoms with Crippen molar-refractivity contribution >= 4 is 17.5 Å². The second-order valence-electron chi connectivity index (χ2n) is 5.19. The molecule has 0 saturated carbocycles. The largest absolute Gasteiger partial charge is 0.348 e. The number of halogens is 2. The van der Waals surface area contributed by atoms with Crippen LogP contribution in [0, 0.1) is 11.6 Å². The lowest BCUT2D eigenvalue weighted by Gasteiger charge is -2.08. The maximum atomic E-state index is 13.6. The molecule has 1 aromatic heterocycles. The predicted molar refractivity (Wildman–Crippen MR) is 89.3 cm³/mol. The van der Waals surface area contributed by atoms with Crippen LogP contribution in [-0.2, 0) is 6.54 Å². The molecule has 0 fully saturated rings. The van der Waals surface area contributed by atoms with Gasteiger partial charge in [-0.25, -0.2) is 18.7 Å². The molecule has 3 rings (SSSR count). The van der Waals surface area contributed by atoms with Crippen LogP contribution >= 0.6 is 0 Å². The minimum atomic E-state index is -0.756. The van der Waals surface area contributed by atoms with Gasteiger partial charge in [-0.05, 0) is 17.7 Å². The lowest BCUT2D eigenvalue weighted by molar-refractivity contribution is 0.0950. The van der Waals surface area contributed by atoms with E-state index >= 15 is 0 Å². The summed E-state index contributed by atoms with van der Waals surface area (Å²) in [5.74, 6) is -1.86. The van der Waals surface area contributed by atoms with Crippen LogP contribution in [0.25, 0.3) is 0 Å². The number of hydrogen-bond donors (Lipinski definition) is 2. The van der Waals surface area contributed by atoms with Crippen LogP contribution in [0.15, 0.2) is 60.9 Å². The first kappa shape index (κ1) is 16.5. The van der Waals surface area contributed by atoms with Gasteiger partial charge >= 0.3 is 0 Å². The molecule has 0 aliphatic carbocycles. The Kier molecular flexibility index (Phi) is 4.94. The van der Waals surface area contributed by atoms with E-state index in [0.717, 1.165) is 17.7 Å². The van der Waals surface area contributed by atoms with Crippen molar-refractivity contribution in [3.63, 3.8) is 0 Å². The minimum Gasteiger partial charge on any atom is -0.348 e. The maximum Gasteiger partial charge on any atom is 0.254 e. The van der Waals surface area contributed by atoms with E-state index in [1.165, 1.54) is 18.5 Å². The van der Waals surface area contributed by atoms with Crippen molar-refractivity contribution in [3.8, 4) is 0 Å². The molecule has 25 heavy (non-hydrogen) atoms. The molecule has 0 aliphatic rings.